The lowest BCUT2D eigenvalue weighted by Gasteiger charge is -2.09. The zero-order chi connectivity index (χ0) is 42.6. The summed E-state index contributed by atoms with van der Waals surface area (Å²) in [5, 5.41) is 0. The van der Waals surface area contributed by atoms with Crippen LogP contribution < -0.4 is 0 Å². The smallest absolute Gasteiger partial charge is 0.305 e. The largest absolute Gasteiger partial charge is 0.463 e. The number of hydrogen-bond donors (Lipinski definition) is 0. The van der Waals surface area contributed by atoms with Gasteiger partial charge >= 0.3 is 11.9 Å². The Bertz CT molecular complexity index is 759. The first kappa shape index (κ1) is 57.5. The van der Waals surface area contributed by atoms with E-state index in [0.29, 0.717) is 158 Å². The predicted octanol–water partition coefficient (Wildman–Crippen LogP) is 6.54. The van der Waals surface area contributed by atoms with Gasteiger partial charge in [-0.15, -0.1) is 0 Å². The summed E-state index contributed by atoms with van der Waals surface area (Å²) in [7, 11) is 0. The monoisotopic (exact) mass is 855 g/mol. The third kappa shape index (κ3) is 52.6. The second-order valence-electron chi connectivity index (χ2n) is 13.9. The summed E-state index contributed by atoms with van der Waals surface area (Å²) >= 11 is 0. The number of carbonyl (C=O) groups is 2. The molecule has 0 aliphatic rings. The van der Waals surface area contributed by atoms with Crippen LogP contribution in [0.4, 0.5) is 0 Å². The molecule has 0 aromatic heterocycles. The molecule has 352 valence electrons. The molecule has 0 unspecified atom stereocenters. The molecule has 0 aromatic rings. The average Bonchev–Trinajstić information content (AvgIpc) is 3.24. The van der Waals surface area contributed by atoms with Crippen LogP contribution in [0.25, 0.3) is 0 Å². The molecule has 15 nitrogen and oxygen atoms in total. The molecule has 59 heavy (non-hydrogen) atoms. The van der Waals surface area contributed by atoms with Crippen LogP contribution in [-0.4, -0.2) is 171 Å². The predicted molar refractivity (Wildman–Crippen MR) is 226 cm³/mol. The normalized spacial score (nSPS) is 11.4. The van der Waals surface area contributed by atoms with Gasteiger partial charge in [-0.3, -0.25) is 9.59 Å². The first-order chi connectivity index (χ1) is 29.2. The van der Waals surface area contributed by atoms with Crippen molar-refractivity contribution in [2.24, 2.45) is 0 Å². The lowest BCUT2D eigenvalue weighted by Crippen LogP contribution is -2.16. The Hall–Kier alpha value is -1.50. The lowest BCUT2D eigenvalue weighted by atomic mass is 10.1. The van der Waals surface area contributed by atoms with Crippen molar-refractivity contribution < 1.29 is 71.2 Å². The van der Waals surface area contributed by atoms with Crippen molar-refractivity contribution in [2.45, 2.75) is 117 Å². The van der Waals surface area contributed by atoms with Crippen molar-refractivity contribution in [1.82, 2.24) is 0 Å². The van der Waals surface area contributed by atoms with Crippen LogP contribution >= 0.6 is 0 Å². The lowest BCUT2D eigenvalue weighted by molar-refractivity contribution is -0.146. The maximum Gasteiger partial charge on any atom is 0.305 e. The van der Waals surface area contributed by atoms with Gasteiger partial charge in [-0.2, -0.15) is 0 Å². The molecule has 0 aliphatic carbocycles. The molecular formula is C44H86O15. The van der Waals surface area contributed by atoms with Gasteiger partial charge in [0.05, 0.1) is 145 Å². The van der Waals surface area contributed by atoms with Crippen molar-refractivity contribution in [3.8, 4) is 0 Å². The molecule has 0 spiro atoms. The van der Waals surface area contributed by atoms with Crippen LogP contribution in [0.2, 0.25) is 0 Å². The highest BCUT2D eigenvalue weighted by Crippen LogP contribution is 2.10. The van der Waals surface area contributed by atoms with E-state index < -0.39 is 0 Å². The first-order valence-electron chi connectivity index (χ1n) is 22.9. The molecular weight excluding hydrogens is 768 g/mol. The van der Waals surface area contributed by atoms with Crippen LogP contribution in [-0.2, 0) is 71.2 Å². The van der Waals surface area contributed by atoms with Crippen molar-refractivity contribution >= 4 is 11.9 Å². The summed E-state index contributed by atoms with van der Waals surface area (Å²) < 4.78 is 70.7. The summed E-state index contributed by atoms with van der Waals surface area (Å²) in [4.78, 5) is 23.5. The zero-order valence-electron chi connectivity index (χ0n) is 37.4. The topological polar surface area (TPSA) is 154 Å². The molecule has 0 aromatic carbocycles. The van der Waals surface area contributed by atoms with Crippen LogP contribution in [0.15, 0.2) is 0 Å². The molecule has 0 fully saturated rings. The van der Waals surface area contributed by atoms with Crippen LogP contribution in [0.5, 0.6) is 0 Å². The molecule has 0 amide bonds. The van der Waals surface area contributed by atoms with Gasteiger partial charge in [0.2, 0.25) is 0 Å². The van der Waals surface area contributed by atoms with E-state index in [1.54, 1.807) is 0 Å². The Morgan fingerprint density at radius 1 is 0.237 bits per heavy atom. The molecule has 0 saturated carbocycles. The highest BCUT2D eigenvalue weighted by molar-refractivity contribution is 5.69. The van der Waals surface area contributed by atoms with Gasteiger partial charge in [-0.05, 0) is 12.8 Å². The Kier molecular flexibility index (Phi) is 51.3. The quantitative estimate of drug-likeness (QED) is 0.0481. The third-order valence-electron chi connectivity index (χ3n) is 8.67. The fourth-order valence-corrected chi connectivity index (χ4v) is 5.33. The number of rotatable bonds is 52. The number of esters is 2. The molecule has 0 saturated heterocycles. The first-order valence-corrected chi connectivity index (χ1v) is 22.9. The number of carbonyl (C=O) groups excluding carboxylic acids is 2. The van der Waals surface area contributed by atoms with Gasteiger partial charge in [0.1, 0.15) is 13.2 Å². The minimum absolute atomic E-state index is 0.144. The standard InChI is InChI=1S/C44H86O15/c1-3-5-7-9-11-13-15-17-43(45)58-41-39-56-37-35-54-33-31-52-29-27-50-25-23-48-21-19-47-20-22-49-24-26-51-28-30-53-32-34-55-36-38-57-40-42-59-44(46)18-16-14-12-10-8-6-4-2/h3-42H2,1-2H3. The second-order valence-corrected chi connectivity index (χ2v) is 13.9. The van der Waals surface area contributed by atoms with E-state index in [0.717, 1.165) is 25.7 Å². The van der Waals surface area contributed by atoms with E-state index in [1.807, 2.05) is 0 Å². The van der Waals surface area contributed by atoms with Gasteiger partial charge in [-0.1, -0.05) is 90.9 Å². The fourth-order valence-electron chi connectivity index (χ4n) is 5.33. The van der Waals surface area contributed by atoms with Crippen molar-refractivity contribution in [2.75, 3.05) is 159 Å². The van der Waals surface area contributed by atoms with Gasteiger partial charge in [0.15, 0.2) is 0 Å². The molecule has 0 N–H and O–H groups in total. The molecule has 0 heterocycles. The van der Waals surface area contributed by atoms with Crippen molar-refractivity contribution in [3.05, 3.63) is 0 Å². The van der Waals surface area contributed by atoms with Gasteiger partial charge < -0.3 is 61.6 Å². The third-order valence-corrected chi connectivity index (χ3v) is 8.67. The number of ether oxygens (including phenoxy) is 13. The molecule has 0 atom stereocenters. The van der Waals surface area contributed by atoms with E-state index in [4.69, 9.17) is 61.6 Å². The number of unbranched alkanes of at least 4 members (excludes halogenated alkanes) is 12. The van der Waals surface area contributed by atoms with E-state index in [-0.39, 0.29) is 25.2 Å². The van der Waals surface area contributed by atoms with E-state index in [1.165, 1.54) is 64.2 Å². The maximum atomic E-state index is 11.7. The summed E-state index contributed by atoms with van der Waals surface area (Å²) in [6.45, 7) is 15.4. The Balaban J connectivity index is 3.13. The average molecular weight is 855 g/mol. The second kappa shape index (κ2) is 52.6. The zero-order valence-corrected chi connectivity index (χ0v) is 37.4. The highest BCUT2D eigenvalue weighted by Gasteiger charge is 2.04. The molecule has 0 aliphatic heterocycles. The summed E-state index contributed by atoms with van der Waals surface area (Å²) in [6, 6.07) is 0. The summed E-state index contributed by atoms with van der Waals surface area (Å²) in [5.41, 5.74) is 0. The molecule has 0 rings (SSSR count). The van der Waals surface area contributed by atoms with E-state index in [9.17, 15) is 9.59 Å². The van der Waals surface area contributed by atoms with Crippen LogP contribution in [0.3, 0.4) is 0 Å². The van der Waals surface area contributed by atoms with Gasteiger partial charge in [0.25, 0.3) is 0 Å². The minimum atomic E-state index is -0.144. The maximum absolute atomic E-state index is 11.7. The van der Waals surface area contributed by atoms with E-state index in [2.05, 4.69) is 13.8 Å². The van der Waals surface area contributed by atoms with Crippen molar-refractivity contribution in [1.29, 1.82) is 0 Å². The Labute approximate surface area is 357 Å². The molecule has 0 bridgehead atoms. The van der Waals surface area contributed by atoms with E-state index >= 15 is 0 Å². The minimum Gasteiger partial charge on any atom is -0.463 e. The highest BCUT2D eigenvalue weighted by atomic mass is 16.6. The van der Waals surface area contributed by atoms with Crippen molar-refractivity contribution in [3.63, 3.8) is 0 Å². The van der Waals surface area contributed by atoms with Crippen LogP contribution in [0.1, 0.15) is 117 Å². The SMILES string of the molecule is CCCCCCCCCC(=O)OCCOCCOCCOCCOCCOCCOCCOCCOCCOCCOCCOCCOC(=O)CCCCCCCCC. The van der Waals surface area contributed by atoms with Gasteiger partial charge in [-0.25, -0.2) is 0 Å². The molecule has 15 heteroatoms. The summed E-state index contributed by atoms with van der Waals surface area (Å²) in [5.74, 6) is -0.287. The van der Waals surface area contributed by atoms with Gasteiger partial charge in [0, 0.05) is 12.8 Å². The Morgan fingerprint density at radius 3 is 0.610 bits per heavy atom. The molecule has 0 radical (unpaired) electrons. The summed E-state index contributed by atoms with van der Waals surface area (Å²) in [6.07, 6.45) is 17.5. The fraction of sp³-hybridized carbons (Fsp3) is 0.955. The Morgan fingerprint density at radius 2 is 0.407 bits per heavy atom. The number of hydrogen-bond acceptors (Lipinski definition) is 15. The van der Waals surface area contributed by atoms with Crippen LogP contribution in [0, 0.1) is 0 Å².